The van der Waals surface area contributed by atoms with Gasteiger partial charge in [0.1, 0.15) is 10.6 Å². The Morgan fingerprint density at radius 2 is 1.95 bits per heavy atom. The van der Waals surface area contributed by atoms with Crippen LogP contribution in [0.2, 0.25) is 0 Å². The number of nitrogens with zero attached hydrogens (tertiary/aromatic N) is 1. The van der Waals surface area contributed by atoms with Gasteiger partial charge in [0.2, 0.25) is 0 Å². The maximum absolute atomic E-state index is 11.6. The van der Waals surface area contributed by atoms with E-state index >= 15 is 0 Å². The molecule has 0 spiro atoms. The number of hydrogen-bond acceptors (Lipinski definition) is 5. The predicted molar refractivity (Wildman–Crippen MR) is 76.3 cm³/mol. The van der Waals surface area contributed by atoms with E-state index < -0.39 is 23.1 Å². The van der Waals surface area contributed by atoms with Crippen LogP contribution in [0.4, 0.5) is 4.79 Å². The molecule has 20 heavy (non-hydrogen) atoms. The molecule has 1 aromatic rings. The highest BCUT2D eigenvalue weighted by Crippen LogP contribution is 2.26. The minimum Gasteiger partial charge on any atom is -0.476 e. The Hall–Kier alpha value is -1.63. The molecule has 0 aliphatic rings. The van der Waals surface area contributed by atoms with E-state index in [0.717, 1.165) is 0 Å². The van der Waals surface area contributed by atoms with Gasteiger partial charge in [-0.1, -0.05) is 13.8 Å². The Labute approximate surface area is 122 Å². The molecule has 2 N–H and O–H groups in total. The van der Waals surface area contributed by atoms with Crippen LogP contribution in [0.3, 0.4) is 0 Å². The van der Waals surface area contributed by atoms with Gasteiger partial charge in [0.05, 0.1) is 0 Å². The van der Waals surface area contributed by atoms with Gasteiger partial charge in [-0.25, -0.2) is 14.6 Å². The zero-order chi connectivity index (χ0) is 15.6. The van der Waals surface area contributed by atoms with Crippen LogP contribution >= 0.6 is 11.3 Å². The summed E-state index contributed by atoms with van der Waals surface area (Å²) < 4.78 is 5.15. The van der Waals surface area contributed by atoms with Gasteiger partial charge in [-0.05, 0) is 20.8 Å². The highest BCUT2D eigenvalue weighted by molar-refractivity contribution is 7.10. The molecule has 1 rings (SSSR count). The lowest BCUT2D eigenvalue weighted by atomic mass is 9.94. The van der Waals surface area contributed by atoms with Gasteiger partial charge in [0.25, 0.3) is 0 Å². The number of alkyl carbamates (subject to hydrolysis) is 1. The van der Waals surface area contributed by atoms with Crippen LogP contribution in [-0.4, -0.2) is 34.3 Å². The summed E-state index contributed by atoms with van der Waals surface area (Å²) >= 11 is 1.27. The van der Waals surface area contributed by atoms with Gasteiger partial charge >= 0.3 is 12.1 Å². The van der Waals surface area contributed by atoms with E-state index in [1.54, 1.807) is 20.8 Å². The monoisotopic (exact) mass is 300 g/mol. The SMILES string of the molecule is CC(C)(C)OC(=O)NCC(C)(C)c1nc(C(=O)O)cs1. The van der Waals surface area contributed by atoms with Crippen LogP contribution in [0, 0.1) is 0 Å². The molecule has 0 saturated carbocycles. The molecule has 0 atom stereocenters. The molecule has 1 aromatic heterocycles. The fourth-order valence-electron chi connectivity index (χ4n) is 1.37. The lowest BCUT2D eigenvalue weighted by Crippen LogP contribution is -2.39. The second-order valence-corrected chi connectivity index (χ2v) is 6.94. The number of hydrogen-bond donors (Lipinski definition) is 2. The largest absolute Gasteiger partial charge is 0.476 e. The van der Waals surface area contributed by atoms with Crippen molar-refractivity contribution in [3.05, 3.63) is 16.1 Å². The number of carboxylic acids is 1. The van der Waals surface area contributed by atoms with Crippen molar-refractivity contribution in [3.8, 4) is 0 Å². The number of carbonyl (C=O) groups is 2. The molecule has 0 aromatic carbocycles. The third kappa shape index (κ3) is 4.80. The first-order valence-electron chi connectivity index (χ1n) is 6.17. The summed E-state index contributed by atoms with van der Waals surface area (Å²) in [4.78, 5) is 26.5. The normalized spacial score (nSPS) is 12.1. The van der Waals surface area contributed by atoms with Crippen molar-refractivity contribution >= 4 is 23.4 Å². The quantitative estimate of drug-likeness (QED) is 0.892. The number of rotatable bonds is 4. The molecule has 0 unspecified atom stereocenters. The molecule has 0 aliphatic heterocycles. The van der Waals surface area contributed by atoms with E-state index in [2.05, 4.69) is 10.3 Å². The first-order valence-corrected chi connectivity index (χ1v) is 7.05. The zero-order valence-electron chi connectivity index (χ0n) is 12.3. The molecule has 0 radical (unpaired) electrons. The van der Waals surface area contributed by atoms with Gasteiger partial charge in [-0.3, -0.25) is 0 Å². The summed E-state index contributed by atoms with van der Waals surface area (Å²) in [5, 5.41) is 13.7. The Kier molecular flexibility index (Phi) is 4.75. The summed E-state index contributed by atoms with van der Waals surface area (Å²) in [5.74, 6) is -1.05. The van der Waals surface area contributed by atoms with Crippen molar-refractivity contribution in [1.29, 1.82) is 0 Å². The third-order valence-electron chi connectivity index (χ3n) is 2.38. The molecule has 6 nitrogen and oxygen atoms in total. The average molecular weight is 300 g/mol. The maximum atomic E-state index is 11.6. The summed E-state index contributed by atoms with van der Waals surface area (Å²) in [7, 11) is 0. The van der Waals surface area contributed by atoms with Crippen LogP contribution in [0.5, 0.6) is 0 Å². The van der Waals surface area contributed by atoms with Gasteiger partial charge in [-0.2, -0.15) is 0 Å². The predicted octanol–water partition coefficient (Wildman–Crippen LogP) is 2.64. The second-order valence-electron chi connectivity index (χ2n) is 6.08. The molecule has 112 valence electrons. The number of thiazole rings is 1. The minimum absolute atomic E-state index is 0.0235. The van der Waals surface area contributed by atoms with Gasteiger partial charge in [0.15, 0.2) is 5.69 Å². The smallest absolute Gasteiger partial charge is 0.407 e. The summed E-state index contributed by atoms with van der Waals surface area (Å²) in [5.41, 5.74) is -0.989. The van der Waals surface area contributed by atoms with E-state index in [4.69, 9.17) is 9.84 Å². The van der Waals surface area contributed by atoms with Crippen molar-refractivity contribution in [2.24, 2.45) is 0 Å². The summed E-state index contributed by atoms with van der Waals surface area (Å²) in [6.07, 6.45) is -0.499. The Morgan fingerprint density at radius 3 is 2.40 bits per heavy atom. The van der Waals surface area contributed by atoms with E-state index in [9.17, 15) is 9.59 Å². The van der Waals surface area contributed by atoms with E-state index in [0.29, 0.717) is 11.6 Å². The molecule has 1 amide bonds. The fourth-order valence-corrected chi connectivity index (χ4v) is 2.28. The van der Waals surface area contributed by atoms with Gasteiger partial charge < -0.3 is 15.2 Å². The van der Waals surface area contributed by atoms with Gasteiger partial charge in [-0.15, -0.1) is 11.3 Å². The number of carboxylic acid groups (broad SMARTS) is 1. The summed E-state index contributed by atoms with van der Waals surface area (Å²) in [6.45, 7) is 9.45. The number of amides is 1. The highest BCUT2D eigenvalue weighted by atomic mass is 32.1. The lowest BCUT2D eigenvalue weighted by molar-refractivity contribution is 0.0516. The molecular formula is C13H20N2O4S. The molecule has 0 aliphatic carbocycles. The van der Waals surface area contributed by atoms with Crippen LogP contribution in [0.15, 0.2) is 5.38 Å². The highest BCUT2D eigenvalue weighted by Gasteiger charge is 2.27. The molecule has 1 heterocycles. The average Bonchev–Trinajstić information content (AvgIpc) is 2.74. The Bertz CT molecular complexity index is 503. The van der Waals surface area contributed by atoms with Crippen LogP contribution in [0.1, 0.15) is 50.1 Å². The number of aromatic carboxylic acids is 1. The minimum atomic E-state index is -1.05. The molecular weight excluding hydrogens is 280 g/mol. The second kappa shape index (κ2) is 5.78. The number of aromatic nitrogens is 1. The molecule has 7 heteroatoms. The topological polar surface area (TPSA) is 88.5 Å². The van der Waals surface area contributed by atoms with Crippen LogP contribution < -0.4 is 5.32 Å². The third-order valence-corrected chi connectivity index (χ3v) is 3.58. The molecule has 0 bridgehead atoms. The van der Waals surface area contributed by atoms with Crippen molar-refractivity contribution in [1.82, 2.24) is 10.3 Å². The van der Waals surface area contributed by atoms with Crippen molar-refractivity contribution in [2.75, 3.05) is 6.54 Å². The first kappa shape index (κ1) is 16.4. The van der Waals surface area contributed by atoms with E-state index in [1.165, 1.54) is 16.7 Å². The van der Waals surface area contributed by atoms with Crippen LogP contribution in [-0.2, 0) is 10.2 Å². The van der Waals surface area contributed by atoms with Crippen molar-refractivity contribution < 1.29 is 19.4 Å². The Balaban J connectivity index is 2.65. The lowest BCUT2D eigenvalue weighted by Gasteiger charge is -2.24. The first-order chi connectivity index (χ1) is 9.01. The molecule has 0 fully saturated rings. The number of ether oxygens (including phenoxy) is 1. The Morgan fingerprint density at radius 1 is 1.35 bits per heavy atom. The van der Waals surface area contributed by atoms with E-state index in [-0.39, 0.29) is 5.69 Å². The standard InChI is InChI=1S/C13H20N2O4S/c1-12(2,3)19-11(18)14-7-13(4,5)10-15-8(6-20-10)9(16)17/h6H,7H2,1-5H3,(H,14,18)(H,16,17). The van der Waals surface area contributed by atoms with Gasteiger partial charge in [0, 0.05) is 17.3 Å². The number of carbonyl (C=O) groups excluding carboxylic acids is 1. The van der Waals surface area contributed by atoms with Crippen LogP contribution in [0.25, 0.3) is 0 Å². The fraction of sp³-hybridized carbons (Fsp3) is 0.615. The number of nitrogens with one attached hydrogen (secondary N) is 1. The summed E-state index contributed by atoms with van der Waals surface area (Å²) in [6, 6.07) is 0. The van der Waals surface area contributed by atoms with Crippen molar-refractivity contribution in [2.45, 2.75) is 45.6 Å². The molecule has 0 saturated heterocycles. The van der Waals surface area contributed by atoms with E-state index in [1.807, 2.05) is 13.8 Å². The van der Waals surface area contributed by atoms with Crippen molar-refractivity contribution in [3.63, 3.8) is 0 Å². The maximum Gasteiger partial charge on any atom is 0.407 e. The zero-order valence-corrected chi connectivity index (χ0v) is 13.1.